The van der Waals surface area contributed by atoms with Crippen LogP contribution < -0.4 is 16.0 Å². The molecular weight excluding hydrogens is 260 g/mol. The number of unbranched alkanes of at least 4 members (excludes halogenated alkanes) is 3. The minimum atomic E-state index is 0.676. The average molecular weight is 301 g/mol. The Bertz CT molecular complexity index is 199. The summed E-state index contributed by atoms with van der Waals surface area (Å²) in [6.45, 7) is 11.2. The number of likely N-dealkylation sites (N-methyl/N-ethyl adjacent to an activating group) is 2. The summed E-state index contributed by atoms with van der Waals surface area (Å²) in [6, 6.07) is 0.676. The zero-order valence-electron chi connectivity index (χ0n) is 15.0. The Balaban J connectivity index is 3.66. The van der Waals surface area contributed by atoms with Gasteiger partial charge in [-0.2, -0.15) is 0 Å². The Kier molecular flexibility index (Phi) is 16.1. The first-order valence-electron chi connectivity index (χ1n) is 9.02. The minimum Gasteiger partial charge on any atom is -0.318 e. The molecule has 0 aromatic heterocycles. The highest BCUT2D eigenvalue weighted by Crippen LogP contribution is 2.07. The lowest BCUT2D eigenvalue weighted by atomic mass is 10.1. The summed E-state index contributed by atoms with van der Waals surface area (Å²) in [5, 5.41) is 10.2. The van der Waals surface area contributed by atoms with Crippen LogP contribution in [0.4, 0.5) is 0 Å². The number of hydrogen-bond donors (Lipinski definition) is 3. The van der Waals surface area contributed by atoms with Crippen LogP contribution in [0.5, 0.6) is 0 Å². The molecule has 0 aliphatic rings. The van der Waals surface area contributed by atoms with Gasteiger partial charge in [-0.1, -0.05) is 26.7 Å². The van der Waals surface area contributed by atoms with Crippen molar-refractivity contribution in [1.29, 1.82) is 0 Å². The summed E-state index contributed by atoms with van der Waals surface area (Å²) < 4.78 is 0. The molecule has 1 unspecified atom stereocenters. The van der Waals surface area contributed by atoms with Crippen LogP contribution in [-0.2, 0) is 0 Å². The number of hydrogen-bond acceptors (Lipinski definition) is 4. The molecule has 0 aromatic carbocycles. The summed E-state index contributed by atoms with van der Waals surface area (Å²) >= 11 is 0. The van der Waals surface area contributed by atoms with Gasteiger partial charge in [-0.3, -0.25) is 0 Å². The molecule has 0 rings (SSSR count). The van der Waals surface area contributed by atoms with Gasteiger partial charge in [0.15, 0.2) is 0 Å². The van der Waals surface area contributed by atoms with E-state index in [0.29, 0.717) is 6.04 Å². The summed E-state index contributed by atoms with van der Waals surface area (Å²) in [4.78, 5) is 2.55. The first-order valence-corrected chi connectivity index (χ1v) is 9.02. The highest BCUT2D eigenvalue weighted by molar-refractivity contribution is 4.71. The molecule has 0 spiro atoms. The molecule has 0 saturated carbocycles. The van der Waals surface area contributed by atoms with Crippen molar-refractivity contribution in [2.24, 2.45) is 0 Å². The van der Waals surface area contributed by atoms with E-state index in [0.717, 1.165) is 26.2 Å². The van der Waals surface area contributed by atoms with Crippen LogP contribution in [0, 0.1) is 0 Å². The van der Waals surface area contributed by atoms with E-state index in [2.05, 4.69) is 48.8 Å². The SMILES string of the molecule is CCNCCCCCCN(C)C(CCCNCC)CNC. The van der Waals surface area contributed by atoms with Crippen LogP contribution in [0.1, 0.15) is 52.4 Å². The summed E-state index contributed by atoms with van der Waals surface area (Å²) in [7, 11) is 4.35. The fraction of sp³-hybridized carbons (Fsp3) is 1.00. The van der Waals surface area contributed by atoms with Gasteiger partial charge in [-0.25, -0.2) is 0 Å². The summed E-state index contributed by atoms with van der Waals surface area (Å²) in [5.41, 5.74) is 0. The molecule has 4 nitrogen and oxygen atoms in total. The standard InChI is InChI=1S/C17H40N4/c1-5-19-13-9-7-8-10-15-21(4)17(16-18-3)12-11-14-20-6-2/h17-20H,5-16H2,1-4H3. The predicted molar refractivity (Wildman–Crippen MR) is 95.1 cm³/mol. The predicted octanol–water partition coefficient (Wildman–Crippen LogP) is 2.07. The maximum Gasteiger partial charge on any atom is 0.0217 e. The fourth-order valence-electron chi connectivity index (χ4n) is 2.68. The van der Waals surface area contributed by atoms with E-state index in [-0.39, 0.29) is 0 Å². The van der Waals surface area contributed by atoms with Gasteiger partial charge in [-0.05, 0) is 72.5 Å². The van der Waals surface area contributed by atoms with Crippen molar-refractivity contribution in [1.82, 2.24) is 20.9 Å². The molecule has 0 amide bonds. The van der Waals surface area contributed by atoms with Crippen LogP contribution in [0.3, 0.4) is 0 Å². The topological polar surface area (TPSA) is 39.3 Å². The average Bonchev–Trinajstić information content (AvgIpc) is 2.49. The lowest BCUT2D eigenvalue weighted by Crippen LogP contribution is -2.40. The number of nitrogens with zero attached hydrogens (tertiary/aromatic N) is 1. The highest BCUT2D eigenvalue weighted by atomic mass is 15.1. The molecule has 0 bridgehead atoms. The third kappa shape index (κ3) is 13.2. The van der Waals surface area contributed by atoms with E-state index in [1.165, 1.54) is 51.6 Å². The number of nitrogens with one attached hydrogen (secondary N) is 3. The molecule has 1 atom stereocenters. The van der Waals surface area contributed by atoms with Gasteiger partial charge in [0.1, 0.15) is 0 Å². The maximum absolute atomic E-state index is 3.42. The maximum atomic E-state index is 3.42. The quantitative estimate of drug-likeness (QED) is 0.382. The molecule has 0 saturated heterocycles. The monoisotopic (exact) mass is 300 g/mol. The number of rotatable bonds is 16. The van der Waals surface area contributed by atoms with Crippen molar-refractivity contribution in [3.05, 3.63) is 0 Å². The zero-order chi connectivity index (χ0) is 15.8. The molecular formula is C17H40N4. The van der Waals surface area contributed by atoms with E-state index in [1.54, 1.807) is 0 Å². The van der Waals surface area contributed by atoms with Crippen molar-refractivity contribution in [3.8, 4) is 0 Å². The van der Waals surface area contributed by atoms with Gasteiger partial charge in [-0.15, -0.1) is 0 Å². The molecule has 21 heavy (non-hydrogen) atoms. The van der Waals surface area contributed by atoms with Crippen molar-refractivity contribution in [2.75, 3.05) is 53.4 Å². The van der Waals surface area contributed by atoms with Gasteiger partial charge >= 0.3 is 0 Å². The van der Waals surface area contributed by atoms with Crippen molar-refractivity contribution in [3.63, 3.8) is 0 Å². The lowest BCUT2D eigenvalue weighted by molar-refractivity contribution is 0.219. The Morgan fingerprint density at radius 2 is 1.48 bits per heavy atom. The van der Waals surface area contributed by atoms with Crippen molar-refractivity contribution >= 4 is 0 Å². The highest BCUT2D eigenvalue weighted by Gasteiger charge is 2.12. The molecule has 0 heterocycles. The van der Waals surface area contributed by atoms with Crippen LogP contribution in [-0.4, -0.2) is 64.3 Å². The van der Waals surface area contributed by atoms with Crippen molar-refractivity contribution < 1.29 is 0 Å². The van der Waals surface area contributed by atoms with Gasteiger partial charge in [0.25, 0.3) is 0 Å². The second-order valence-electron chi connectivity index (χ2n) is 5.96. The van der Waals surface area contributed by atoms with Crippen LogP contribution in [0.15, 0.2) is 0 Å². The van der Waals surface area contributed by atoms with Crippen LogP contribution in [0.2, 0.25) is 0 Å². The molecule has 3 N–H and O–H groups in total. The Hall–Kier alpha value is -0.160. The van der Waals surface area contributed by atoms with Gasteiger partial charge in [0, 0.05) is 12.6 Å². The summed E-state index contributed by atoms with van der Waals surface area (Å²) in [6.07, 6.45) is 7.92. The van der Waals surface area contributed by atoms with Crippen LogP contribution >= 0.6 is 0 Å². The van der Waals surface area contributed by atoms with E-state index in [4.69, 9.17) is 0 Å². The van der Waals surface area contributed by atoms with E-state index < -0.39 is 0 Å². The molecule has 0 aliphatic carbocycles. The second kappa shape index (κ2) is 16.2. The third-order valence-electron chi connectivity index (χ3n) is 4.07. The second-order valence-corrected chi connectivity index (χ2v) is 5.96. The molecule has 0 aliphatic heterocycles. The normalized spacial score (nSPS) is 13.0. The summed E-state index contributed by atoms with van der Waals surface area (Å²) in [5.74, 6) is 0. The smallest absolute Gasteiger partial charge is 0.0217 e. The molecule has 4 heteroatoms. The Morgan fingerprint density at radius 3 is 2.10 bits per heavy atom. The molecule has 0 fully saturated rings. The van der Waals surface area contributed by atoms with E-state index >= 15 is 0 Å². The lowest BCUT2D eigenvalue weighted by Gasteiger charge is -2.28. The van der Waals surface area contributed by atoms with E-state index in [1.807, 2.05) is 0 Å². The fourth-order valence-corrected chi connectivity index (χ4v) is 2.68. The minimum absolute atomic E-state index is 0.676. The molecule has 128 valence electrons. The van der Waals surface area contributed by atoms with Gasteiger partial charge in [0.2, 0.25) is 0 Å². The molecule has 0 aromatic rings. The first-order chi connectivity index (χ1) is 10.3. The Morgan fingerprint density at radius 1 is 0.857 bits per heavy atom. The van der Waals surface area contributed by atoms with E-state index in [9.17, 15) is 0 Å². The van der Waals surface area contributed by atoms with Gasteiger partial charge < -0.3 is 20.9 Å². The van der Waals surface area contributed by atoms with Gasteiger partial charge in [0.05, 0.1) is 0 Å². The van der Waals surface area contributed by atoms with Crippen LogP contribution in [0.25, 0.3) is 0 Å². The van der Waals surface area contributed by atoms with Crippen molar-refractivity contribution in [2.45, 2.75) is 58.4 Å². The largest absolute Gasteiger partial charge is 0.318 e. The Labute approximate surface area is 133 Å². The molecule has 0 radical (unpaired) electrons. The third-order valence-corrected chi connectivity index (χ3v) is 4.07. The zero-order valence-corrected chi connectivity index (χ0v) is 15.0. The first kappa shape index (κ1) is 20.8.